The summed E-state index contributed by atoms with van der Waals surface area (Å²) in [6.45, 7) is -0.00404. The molecule has 2 aliphatic rings. The number of hydrogen-bond donors (Lipinski definition) is 0. The second-order valence-electron chi connectivity index (χ2n) is 12.0. The molecule has 0 aliphatic carbocycles. The largest absolute Gasteiger partial charge is 0.456 e. The molecule has 202 valence electrons. The normalized spacial score (nSPS) is 13.4. The summed E-state index contributed by atoms with van der Waals surface area (Å²) < 4.78 is 9.04. The highest BCUT2D eigenvalue weighted by Gasteiger charge is 2.45. The van der Waals surface area contributed by atoms with Gasteiger partial charge in [0.15, 0.2) is 0 Å². The van der Waals surface area contributed by atoms with Gasteiger partial charge in [-0.1, -0.05) is 97.1 Å². The van der Waals surface area contributed by atoms with Crippen molar-refractivity contribution in [1.29, 1.82) is 0 Å². The number of furan rings is 1. The highest BCUT2D eigenvalue weighted by Crippen LogP contribution is 2.50. The first-order valence-corrected chi connectivity index (χ1v) is 15.2. The lowest BCUT2D eigenvalue weighted by Crippen LogP contribution is -2.60. The van der Waals surface area contributed by atoms with Crippen molar-refractivity contribution in [3.8, 4) is 16.8 Å². The maximum Gasteiger partial charge on any atom is 0.333 e. The van der Waals surface area contributed by atoms with Gasteiger partial charge in [-0.3, -0.25) is 0 Å². The van der Waals surface area contributed by atoms with Gasteiger partial charge >= 0.3 is 6.85 Å². The van der Waals surface area contributed by atoms with Crippen molar-refractivity contribution in [3.63, 3.8) is 0 Å². The third kappa shape index (κ3) is 2.66. The van der Waals surface area contributed by atoms with Crippen LogP contribution in [0, 0.1) is 0 Å². The summed E-state index contributed by atoms with van der Waals surface area (Å²) >= 11 is 0. The van der Waals surface area contributed by atoms with E-state index in [0.717, 1.165) is 21.9 Å². The van der Waals surface area contributed by atoms with E-state index in [9.17, 15) is 0 Å². The van der Waals surface area contributed by atoms with Crippen molar-refractivity contribution in [2.24, 2.45) is 0 Å². The molecule has 44 heavy (non-hydrogen) atoms. The lowest BCUT2D eigenvalue weighted by molar-refractivity contribution is 0.669. The number of rotatable bonds is 1. The van der Waals surface area contributed by atoms with Crippen LogP contribution in [0.3, 0.4) is 0 Å². The maximum absolute atomic E-state index is 6.52. The fourth-order valence-electron chi connectivity index (χ4n) is 8.28. The Balaban J connectivity index is 1.43. The monoisotopic (exact) mass is 558 g/mol. The lowest BCUT2D eigenvalue weighted by Gasteiger charge is -2.42. The number of benzene rings is 7. The van der Waals surface area contributed by atoms with E-state index in [4.69, 9.17) is 4.42 Å². The van der Waals surface area contributed by atoms with Crippen LogP contribution in [0.25, 0.3) is 71.3 Å². The van der Waals surface area contributed by atoms with Crippen LogP contribution < -0.4 is 15.7 Å². The summed E-state index contributed by atoms with van der Waals surface area (Å²) in [6, 6.07) is 50.9. The molecule has 11 rings (SSSR count). The van der Waals surface area contributed by atoms with Crippen LogP contribution in [0.4, 0.5) is 11.4 Å². The average Bonchev–Trinajstić information content (AvgIpc) is 3.63. The first-order chi connectivity index (χ1) is 21.9. The van der Waals surface area contributed by atoms with E-state index in [-0.39, 0.29) is 6.85 Å². The van der Waals surface area contributed by atoms with Crippen molar-refractivity contribution in [2.45, 2.75) is 0 Å². The number of fused-ring (bicyclic) bond motifs is 14. The third-order valence-corrected chi connectivity index (χ3v) is 9.93. The van der Waals surface area contributed by atoms with Crippen molar-refractivity contribution in [3.05, 3.63) is 140 Å². The van der Waals surface area contributed by atoms with Crippen LogP contribution in [0.2, 0.25) is 0 Å². The molecule has 0 fully saturated rings. The minimum Gasteiger partial charge on any atom is -0.456 e. The van der Waals surface area contributed by atoms with E-state index < -0.39 is 0 Å². The van der Waals surface area contributed by atoms with Crippen LogP contribution >= 0.6 is 0 Å². The Kier molecular flexibility index (Phi) is 4.15. The fraction of sp³-hybridized carbons (Fsp3) is 0. The molecule has 0 unspecified atom stereocenters. The summed E-state index contributed by atoms with van der Waals surface area (Å²) in [7, 11) is 0. The second-order valence-corrected chi connectivity index (χ2v) is 12.0. The van der Waals surface area contributed by atoms with Crippen LogP contribution in [0.5, 0.6) is 0 Å². The van der Waals surface area contributed by atoms with Gasteiger partial charge in [0.2, 0.25) is 0 Å². The Morgan fingerprint density at radius 3 is 2.11 bits per heavy atom. The maximum atomic E-state index is 6.52. The molecule has 3 nitrogen and oxygen atoms in total. The molecule has 7 aromatic carbocycles. The van der Waals surface area contributed by atoms with Crippen molar-refractivity contribution in [1.82, 2.24) is 4.57 Å². The third-order valence-electron chi connectivity index (χ3n) is 9.93. The lowest BCUT2D eigenvalue weighted by atomic mass is 9.43. The molecule has 4 heterocycles. The molecule has 2 aromatic heterocycles. The molecule has 0 radical (unpaired) electrons. The molecule has 0 saturated heterocycles. The van der Waals surface area contributed by atoms with E-state index >= 15 is 0 Å². The van der Waals surface area contributed by atoms with Gasteiger partial charge in [-0.2, -0.15) is 0 Å². The van der Waals surface area contributed by atoms with Gasteiger partial charge in [0.05, 0.1) is 11.0 Å². The summed E-state index contributed by atoms with van der Waals surface area (Å²) in [6.07, 6.45) is 0. The van der Waals surface area contributed by atoms with Crippen LogP contribution in [-0.2, 0) is 0 Å². The number of anilines is 2. The summed E-state index contributed by atoms with van der Waals surface area (Å²) in [5.74, 6) is 0. The molecule has 2 aliphatic heterocycles. The Labute approximate surface area is 253 Å². The molecular weight excluding hydrogens is 535 g/mol. The zero-order chi connectivity index (χ0) is 28.5. The van der Waals surface area contributed by atoms with E-state index in [1.54, 1.807) is 0 Å². The van der Waals surface area contributed by atoms with Gasteiger partial charge in [-0.25, -0.2) is 0 Å². The molecule has 0 amide bonds. The summed E-state index contributed by atoms with van der Waals surface area (Å²) in [4.78, 5) is 2.58. The fourth-order valence-corrected chi connectivity index (χ4v) is 8.28. The molecular formula is C40H23BN2O. The zero-order valence-corrected chi connectivity index (χ0v) is 23.7. The first-order valence-electron chi connectivity index (χ1n) is 15.2. The van der Waals surface area contributed by atoms with E-state index in [1.165, 1.54) is 71.7 Å². The van der Waals surface area contributed by atoms with Crippen molar-refractivity contribution < 1.29 is 4.42 Å². The van der Waals surface area contributed by atoms with E-state index in [2.05, 4.69) is 149 Å². The quantitative estimate of drug-likeness (QED) is 0.188. The molecule has 0 N–H and O–H groups in total. The second kappa shape index (κ2) is 8.00. The predicted molar refractivity (Wildman–Crippen MR) is 185 cm³/mol. The average molecular weight is 558 g/mol. The van der Waals surface area contributed by atoms with Crippen molar-refractivity contribution >= 4 is 83.7 Å². The topological polar surface area (TPSA) is 21.3 Å². The Morgan fingerprint density at radius 1 is 0.523 bits per heavy atom. The summed E-state index contributed by atoms with van der Waals surface area (Å²) in [5, 5.41) is 7.49. The SMILES string of the molecule is c1ccc(N2B3c4ccccc4-n4c5ccccc5c5c6ccccc6c(c3c54)-c3cc4oc5ccccc5c4cc32)cc1. The molecule has 0 atom stereocenters. The molecule has 4 heteroatoms. The number of aromatic nitrogens is 1. The van der Waals surface area contributed by atoms with Crippen LogP contribution in [0.1, 0.15) is 0 Å². The number of nitrogens with zero attached hydrogens (tertiary/aromatic N) is 2. The van der Waals surface area contributed by atoms with Gasteiger partial charge in [0, 0.05) is 44.2 Å². The Bertz CT molecular complexity index is 2680. The van der Waals surface area contributed by atoms with Gasteiger partial charge < -0.3 is 13.8 Å². The first kappa shape index (κ1) is 22.8. The molecule has 9 aromatic rings. The van der Waals surface area contributed by atoms with Crippen molar-refractivity contribution in [2.75, 3.05) is 4.81 Å². The zero-order valence-electron chi connectivity index (χ0n) is 23.7. The van der Waals surface area contributed by atoms with Gasteiger partial charge in [-0.15, -0.1) is 0 Å². The molecule has 0 bridgehead atoms. The smallest absolute Gasteiger partial charge is 0.333 e. The van der Waals surface area contributed by atoms with E-state index in [0.29, 0.717) is 0 Å². The number of para-hydroxylation sites is 4. The van der Waals surface area contributed by atoms with E-state index in [1.807, 2.05) is 0 Å². The molecule has 0 saturated carbocycles. The minimum atomic E-state index is -0.00404. The Morgan fingerprint density at radius 2 is 1.23 bits per heavy atom. The Hall–Kier alpha value is -5.74. The highest BCUT2D eigenvalue weighted by atomic mass is 16.3. The highest BCUT2D eigenvalue weighted by molar-refractivity contribution is 6.94. The van der Waals surface area contributed by atoms with Gasteiger partial charge in [0.25, 0.3) is 0 Å². The van der Waals surface area contributed by atoms with Crippen LogP contribution in [0.15, 0.2) is 144 Å². The van der Waals surface area contributed by atoms with Crippen LogP contribution in [-0.4, -0.2) is 11.4 Å². The minimum absolute atomic E-state index is 0.00404. The van der Waals surface area contributed by atoms with Gasteiger partial charge in [0.1, 0.15) is 11.2 Å². The van der Waals surface area contributed by atoms with Gasteiger partial charge in [-0.05, 0) is 69.7 Å². The molecule has 0 spiro atoms. The number of hydrogen-bond acceptors (Lipinski definition) is 2. The predicted octanol–water partition coefficient (Wildman–Crippen LogP) is 9.07. The standard InChI is InChI=1S/C40H23BN2O/c1-2-12-24(13-3-1)43-34-22-29-25-14-7-11-21-35(25)44-36(29)23-30(34)37-26-15-4-5-16-27(26)38-28-17-6-9-19-32(28)42-33-20-10-8-18-31(33)41(43)39(37)40(38)42/h1-23H. The summed E-state index contributed by atoms with van der Waals surface area (Å²) in [5.41, 5.74) is 13.2.